The maximum atomic E-state index is 13.0. The molecule has 1 aromatic heterocycles. The second-order valence-electron chi connectivity index (χ2n) is 7.01. The number of aliphatic carboxylic acids is 1. The van der Waals surface area contributed by atoms with Crippen molar-refractivity contribution in [3.8, 4) is 0 Å². The van der Waals surface area contributed by atoms with Crippen LogP contribution >= 0.6 is 0 Å². The molecule has 2 aromatic carbocycles. The summed E-state index contributed by atoms with van der Waals surface area (Å²) in [6.07, 6.45) is 2.38. The van der Waals surface area contributed by atoms with Gasteiger partial charge in [-0.1, -0.05) is 41.0 Å². The van der Waals surface area contributed by atoms with E-state index in [9.17, 15) is 9.59 Å². The van der Waals surface area contributed by atoms with Gasteiger partial charge >= 0.3 is 5.97 Å². The summed E-state index contributed by atoms with van der Waals surface area (Å²) in [5.41, 5.74) is 5.95. The molecule has 0 radical (unpaired) electrons. The van der Waals surface area contributed by atoms with Crippen LogP contribution in [0.2, 0.25) is 0 Å². The molecule has 0 aliphatic heterocycles. The highest BCUT2D eigenvalue weighted by molar-refractivity contribution is 5.80. The van der Waals surface area contributed by atoms with E-state index in [1.807, 2.05) is 49.7 Å². The van der Waals surface area contributed by atoms with Gasteiger partial charge in [-0.3, -0.25) is 9.59 Å². The fourth-order valence-corrected chi connectivity index (χ4v) is 3.49. The van der Waals surface area contributed by atoms with Gasteiger partial charge < -0.3 is 9.67 Å². The molecule has 1 N–H and O–H groups in total. The number of benzene rings is 2. The number of nitrogens with zero attached hydrogens (tertiary/aromatic N) is 1. The molecule has 4 nitrogen and oxygen atoms in total. The van der Waals surface area contributed by atoms with E-state index in [1.165, 1.54) is 11.1 Å². The summed E-state index contributed by atoms with van der Waals surface area (Å²) in [6, 6.07) is 12.0. The summed E-state index contributed by atoms with van der Waals surface area (Å²) in [6.45, 7) is 6.39. The largest absolute Gasteiger partial charge is 0.481 e. The fourth-order valence-electron chi connectivity index (χ4n) is 3.49. The first-order valence-electron chi connectivity index (χ1n) is 8.75. The number of fused-ring (bicyclic) bond motifs is 1. The van der Waals surface area contributed by atoms with Gasteiger partial charge in [-0.15, -0.1) is 0 Å². The van der Waals surface area contributed by atoms with Crippen LogP contribution in [0, 0.1) is 20.8 Å². The molecular formula is C22H23NO3. The molecule has 0 saturated carbocycles. The van der Waals surface area contributed by atoms with E-state index in [2.05, 4.69) is 18.2 Å². The lowest BCUT2D eigenvalue weighted by Crippen LogP contribution is -2.16. The Balaban J connectivity index is 2.13. The Hall–Kier alpha value is -2.88. The van der Waals surface area contributed by atoms with Crippen LogP contribution in [0.25, 0.3) is 10.9 Å². The van der Waals surface area contributed by atoms with Gasteiger partial charge in [0.25, 0.3) is 0 Å². The number of pyridine rings is 1. The van der Waals surface area contributed by atoms with Gasteiger partial charge in [-0.25, -0.2) is 0 Å². The van der Waals surface area contributed by atoms with Crippen LogP contribution in [0.3, 0.4) is 0 Å². The number of carboxylic acids is 1. The molecule has 26 heavy (non-hydrogen) atoms. The molecule has 0 spiro atoms. The van der Waals surface area contributed by atoms with Crippen LogP contribution in [-0.2, 0) is 17.8 Å². The van der Waals surface area contributed by atoms with Crippen molar-refractivity contribution in [1.82, 2.24) is 4.57 Å². The third kappa shape index (κ3) is 3.85. The lowest BCUT2D eigenvalue weighted by molar-refractivity contribution is -0.137. The normalized spacial score (nSPS) is 11.0. The minimum atomic E-state index is -0.847. The van der Waals surface area contributed by atoms with Crippen molar-refractivity contribution < 1.29 is 9.90 Å². The zero-order chi connectivity index (χ0) is 18.8. The number of carbonyl (C=O) groups is 1. The highest BCUT2D eigenvalue weighted by Gasteiger charge is 2.11. The quantitative estimate of drug-likeness (QED) is 0.757. The van der Waals surface area contributed by atoms with E-state index in [1.54, 1.807) is 0 Å². The van der Waals surface area contributed by atoms with Gasteiger partial charge in [0.05, 0.1) is 11.9 Å². The van der Waals surface area contributed by atoms with Gasteiger partial charge in [0.2, 0.25) is 0 Å². The molecule has 4 heteroatoms. The highest BCUT2D eigenvalue weighted by Crippen LogP contribution is 2.18. The average molecular weight is 349 g/mol. The van der Waals surface area contributed by atoms with E-state index in [-0.39, 0.29) is 11.8 Å². The van der Waals surface area contributed by atoms with Gasteiger partial charge in [-0.2, -0.15) is 0 Å². The Morgan fingerprint density at radius 1 is 1.00 bits per heavy atom. The number of carboxylic acid groups (broad SMARTS) is 1. The topological polar surface area (TPSA) is 59.3 Å². The summed E-state index contributed by atoms with van der Waals surface area (Å²) >= 11 is 0. The first-order valence-corrected chi connectivity index (χ1v) is 8.75. The summed E-state index contributed by atoms with van der Waals surface area (Å²) in [4.78, 5) is 24.0. The second-order valence-corrected chi connectivity index (χ2v) is 7.01. The number of hydrogen-bond donors (Lipinski definition) is 1. The molecule has 3 aromatic rings. The summed E-state index contributed by atoms with van der Waals surface area (Å²) in [5, 5.41) is 9.69. The molecule has 1 heterocycles. The molecule has 0 saturated heterocycles. The van der Waals surface area contributed by atoms with Crippen LogP contribution in [0.4, 0.5) is 0 Å². The third-order valence-electron chi connectivity index (χ3n) is 4.55. The Bertz CT molecular complexity index is 1030. The summed E-state index contributed by atoms with van der Waals surface area (Å²) < 4.78 is 1.89. The third-order valence-corrected chi connectivity index (χ3v) is 4.55. The molecule has 134 valence electrons. The maximum absolute atomic E-state index is 13.0. The summed E-state index contributed by atoms with van der Waals surface area (Å²) in [5.74, 6) is -0.847. The van der Waals surface area contributed by atoms with Crippen molar-refractivity contribution in [2.75, 3.05) is 0 Å². The van der Waals surface area contributed by atoms with Crippen LogP contribution in [0.15, 0.2) is 47.4 Å². The molecule has 0 bridgehead atoms. The Morgan fingerprint density at radius 3 is 2.35 bits per heavy atom. The zero-order valence-corrected chi connectivity index (χ0v) is 15.4. The molecule has 0 fully saturated rings. The van der Waals surface area contributed by atoms with Crippen LogP contribution < -0.4 is 5.43 Å². The first kappa shape index (κ1) is 17.9. The second kappa shape index (κ2) is 7.16. The van der Waals surface area contributed by atoms with Crippen molar-refractivity contribution in [2.24, 2.45) is 0 Å². The van der Waals surface area contributed by atoms with Gasteiger partial charge in [-0.05, 0) is 38.5 Å². The van der Waals surface area contributed by atoms with Crippen molar-refractivity contribution >= 4 is 16.9 Å². The smallest absolute Gasteiger partial charge is 0.305 e. The number of aryl methyl sites for hydroxylation is 4. The lowest BCUT2D eigenvalue weighted by atomic mass is 9.99. The molecule has 0 unspecified atom stereocenters. The minimum absolute atomic E-state index is 0.0226. The fraction of sp³-hybridized carbons (Fsp3) is 0.273. The number of hydrogen-bond acceptors (Lipinski definition) is 2. The monoisotopic (exact) mass is 349 g/mol. The van der Waals surface area contributed by atoms with Gasteiger partial charge in [0, 0.05) is 30.1 Å². The van der Waals surface area contributed by atoms with Crippen molar-refractivity contribution in [3.05, 3.63) is 80.6 Å². The Kier molecular flexibility index (Phi) is 4.94. The molecule has 0 aliphatic carbocycles. The van der Waals surface area contributed by atoms with Crippen molar-refractivity contribution in [3.63, 3.8) is 0 Å². The van der Waals surface area contributed by atoms with Gasteiger partial charge in [0.15, 0.2) is 5.43 Å². The average Bonchev–Trinajstić information content (AvgIpc) is 2.55. The van der Waals surface area contributed by atoms with Crippen molar-refractivity contribution in [1.29, 1.82) is 0 Å². The molecule has 0 aliphatic rings. The Labute approximate surface area is 152 Å². The van der Waals surface area contributed by atoms with Crippen LogP contribution in [-0.4, -0.2) is 15.6 Å². The first-order chi connectivity index (χ1) is 12.3. The van der Waals surface area contributed by atoms with Crippen LogP contribution in [0.1, 0.15) is 34.2 Å². The predicted octanol–water partition coefficient (Wildman–Crippen LogP) is 3.99. The van der Waals surface area contributed by atoms with Crippen LogP contribution in [0.5, 0.6) is 0 Å². The van der Waals surface area contributed by atoms with E-state index >= 15 is 0 Å². The van der Waals surface area contributed by atoms with E-state index in [0.29, 0.717) is 23.9 Å². The maximum Gasteiger partial charge on any atom is 0.305 e. The predicted molar refractivity (Wildman–Crippen MR) is 104 cm³/mol. The molecule has 0 amide bonds. The highest BCUT2D eigenvalue weighted by atomic mass is 16.4. The van der Waals surface area contributed by atoms with E-state index in [0.717, 1.165) is 16.6 Å². The number of rotatable bonds is 5. The zero-order valence-electron chi connectivity index (χ0n) is 15.4. The van der Waals surface area contributed by atoms with E-state index in [4.69, 9.17) is 5.11 Å². The summed E-state index contributed by atoms with van der Waals surface area (Å²) in [7, 11) is 0. The molecular weight excluding hydrogens is 326 g/mol. The van der Waals surface area contributed by atoms with E-state index < -0.39 is 5.97 Å². The van der Waals surface area contributed by atoms with Crippen molar-refractivity contribution in [2.45, 2.75) is 40.2 Å². The standard InChI is InChI=1S/C22H23NO3/c1-14-4-5-20-19(11-14)22(26)18(13-23(20)7-6-21(24)25)12-17-9-15(2)8-16(3)10-17/h4-5,8-11,13H,6-7,12H2,1-3H3,(H,24,25). The van der Waals surface area contributed by atoms with Gasteiger partial charge in [0.1, 0.15) is 0 Å². The molecule has 0 atom stereocenters. The lowest BCUT2D eigenvalue weighted by Gasteiger charge is -2.14. The molecule has 3 rings (SSSR count). The SMILES string of the molecule is Cc1cc(C)cc(Cc2cn(CCC(=O)O)c3ccc(C)cc3c2=O)c1. The minimum Gasteiger partial charge on any atom is -0.481 e. The number of aromatic nitrogens is 1. The Morgan fingerprint density at radius 2 is 1.69 bits per heavy atom.